The van der Waals surface area contributed by atoms with Crippen molar-refractivity contribution in [2.24, 2.45) is 0 Å². The number of carbonyl (C=O) groups excluding carboxylic acids is 1. The summed E-state index contributed by atoms with van der Waals surface area (Å²) in [5.74, 6) is -0.415. The van der Waals surface area contributed by atoms with Gasteiger partial charge in [0.05, 0.1) is 5.70 Å². The van der Waals surface area contributed by atoms with Crippen LogP contribution in [0.25, 0.3) is 5.70 Å². The van der Waals surface area contributed by atoms with Crippen molar-refractivity contribution in [3.8, 4) is 0 Å². The molecule has 1 N–H and O–H groups in total. The first-order valence-electron chi connectivity index (χ1n) is 5.50. The molecule has 0 radical (unpaired) electrons. The third-order valence-corrected chi connectivity index (χ3v) is 2.95. The largest absolute Gasteiger partial charge is 0.376 e. The molecule has 1 aliphatic heterocycles. The molecule has 0 spiro atoms. The van der Waals surface area contributed by atoms with E-state index in [1.807, 2.05) is 6.92 Å². The first kappa shape index (κ1) is 11.8. The van der Waals surface area contributed by atoms with Crippen LogP contribution in [-0.2, 0) is 4.79 Å². The van der Waals surface area contributed by atoms with Crippen LogP contribution < -0.4 is 0 Å². The summed E-state index contributed by atoms with van der Waals surface area (Å²) < 4.78 is 12.9. The molecule has 4 heteroatoms. The topological polar surface area (TPSA) is 40.5 Å². The van der Waals surface area contributed by atoms with Gasteiger partial charge in [0.1, 0.15) is 12.5 Å². The first-order chi connectivity index (χ1) is 8.13. The second kappa shape index (κ2) is 4.67. The van der Waals surface area contributed by atoms with Crippen molar-refractivity contribution in [3.63, 3.8) is 0 Å². The molecule has 90 valence electrons. The highest BCUT2D eigenvalue weighted by atomic mass is 19.1. The fourth-order valence-corrected chi connectivity index (χ4v) is 2.06. The van der Waals surface area contributed by atoms with E-state index < -0.39 is 0 Å². The average molecular weight is 235 g/mol. The van der Waals surface area contributed by atoms with Gasteiger partial charge in [-0.05, 0) is 48.7 Å². The van der Waals surface area contributed by atoms with Gasteiger partial charge in [-0.2, -0.15) is 0 Å². The Morgan fingerprint density at radius 2 is 1.94 bits per heavy atom. The molecule has 3 nitrogen and oxygen atoms in total. The number of benzene rings is 1. The SMILES string of the molecule is CC1=C(c2ccc(F)cc2)N(CO)C(=O)CC1. The van der Waals surface area contributed by atoms with Gasteiger partial charge in [-0.15, -0.1) is 0 Å². The summed E-state index contributed by atoms with van der Waals surface area (Å²) in [5, 5.41) is 9.26. The smallest absolute Gasteiger partial charge is 0.229 e. The Morgan fingerprint density at radius 1 is 1.29 bits per heavy atom. The summed E-state index contributed by atoms with van der Waals surface area (Å²) in [6, 6.07) is 5.94. The highest BCUT2D eigenvalue weighted by molar-refractivity contribution is 5.90. The standard InChI is InChI=1S/C13H14FNO2/c1-9-2-7-12(17)15(8-16)13(9)10-3-5-11(14)6-4-10/h3-6,16H,2,7-8H2,1H3. The Balaban J connectivity index is 2.46. The molecule has 1 amide bonds. The highest BCUT2D eigenvalue weighted by Gasteiger charge is 2.25. The van der Waals surface area contributed by atoms with Gasteiger partial charge < -0.3 is 5.11 Å². The lowest BCUT2D eigenvalue weighted by Crippen LogP contribution is -2.33. The third-order valence-electron chi connectivity index (χ3n) is 2.95. The minimum atomic E-state index is -0.344. The molecular weight excluding hydrogens is 221 g/mol. The van der Waals surface area contributed by atoms with E-state index in [0.717, 1.165) is 11.1 Å². The van der Waals surface area contributed by atoms with Gasteiger partial charge in [0.25, 0.3) is 0 Å². The van der Waals surface area contributed by atoms with Crippen LogP contribution in [0.15, 0.2) is 29.8 Å². The highest BCUT2D eigenvalue weighted by Crippen LogP contribution is 2.30. The summed E-state index contributed by atoms with van der Waals surface area (Å²) in [6.45, 7) is 1.58. The van der Waals surface area contributed by atoms with Gasteiger partial charge in [-0.3, -0.25) is 9.69 Å². The molecular formula is C13H14FNO2. The molecule has 1 aliphatic rings. The number of hydrogen-bond donors (Lipinski definition) is 1. The summed E-state index contributed by atoms with van der Waals surface area (Å²) in [4.78, 5) is 13.0. The molecule has 1 aromatic rings. The quantitative estimate of drug-likeness (QED) is 0.853. The zero-order valence-electron chi connectivity index (χ0n) is 9.61. The van der Waals surface area contributed by atoms with E-state index in [-0.39, 0.29) is 18.5 Å². The van der Waals surface area contributed by atoms with Crippen molar-refractivity contribution < 1.29 is 14.3 Å². The number of halogens is 1. The molecule has 0 fully saturated rings. The van der Waals surface area contributed by atoms with Gasteiger partial charge in [0.2, 0.25) is 5.91 Å². The van der Waals surface area contributed by atoms with Crippen molar-refractivity contribution in [2.45, 2.75) is 19.8 Å². The Bertz CT molecular complexity index is 465. The van der Waals surface area contributed by atoms with Crippen molar-refractivity contribution in [3.05, 3.63) is 41.2 Å². The van der Waals surface area contributed by atoms with Gasteiger partial charge in [0.15, 0.2) is 0 Å². The van der Waals surface area contributed by atoms with Crippen LogP contribution >= 0.6 is 0 Å². The van der Waals surface area contributed by atoms with E-state index in [2.05, 4.69) is 0 Å². The number of allylic oxidation sites excluding steroid dienone is 1. The second-order valence-corrected chi connectivity index (χ2v) is 4.10. The summed E-state index contributed by atoms with van der Waals surface area (Å²) in [6.07, 6.45) is 1.10. The van der Waals surface area contributed by atoms with E-state index in [4.69, 9.17) is 0 Å². The van der Waals surface area contributed by atoms with Crippen LogP contribution in [-0.4, -0.2) is 22.6 Å². The molecule has 2 rings (SSSR count). The molecule has 1 heterocycles. The van der Waals surface area contributed by atoms with Crippen LogP contribution in [0, 0.1) is 5.82 Å². The zero-order valence-corrected chi connectivity index (χ0v) is 9.61. The first-order valence-corrected chi connectivity index (χ1v) is 5.50. The lowest BCUT2D eigenvalue weighted by molar-refractivity contribution is -0.131. The maximum Gasteiger partial charge on any atom is 0.229 e. The number of aliphatic hydroxyl groups is 1. The van der Waals surface area contributed by atoms with E-state index in [1.165, 1.54) is 17.0 Å². The Hall–Kier alpha value is -1.68. The Morgan fingerprint density at radius 3 is 2.53 bits per heavy atom. The van der Waals surface area contributed by atoms with Crippen LogP contribution in [0.5, 0.6) is 0 Å². The molecule has 0 aliphatic carbocycles. The normalized spacial score (nSPS) is 16.6. The number of hydrogen-bond acceptors (Lipinski definition) is 2. The maximum atomic E-state index is 12.9. The van der Waals surface area contributed by atoms with Gasteiger partial charge in [0, 0.05) is 6.42 Å². The molecule has 0 atom stereocenters. The monoisotopic (exact) mass is 235 g/mol. The predicted molar refractivity (Wildman–Crippen MR) is 62.2 cm³/mol. The zero-order chi connectivity index (χ0) is 12.4. The molecule has 0 unspecified atom stereocenters. The van der Waals surface area contributed by atoms with Crippen LogP contribution in [0.4, 0.5) is 4.39 Å². The minimum Gasteiger partial charge on any atom is -0.376 e. The lowest BCUT2D eigenvalue weighted by atomic mass is 9.98. The number of rotatable bonds is 2. The number of nitrogens with zero attached hydrogens (tertiary/aromatic N) is 1. The van der Waals surface area contributed by atoms with Crippen molar-refractivity contribution in [1.29, 1.82) is 0 Å². The van der Waals surface area contributed by atoms with Gasteiger partial charge in [-0.1, -0.05) is 0 Å². The third kappa shape index (κ3) is 2.22. The molecule has 0 saturated heterocycles. The maximum absolute atomic E-state index is 12.9. The van der Waals surface area contributed by atoms with Crippen LogP contribution in [0.3, 0.4) is 0 Å². The molecule has 0 aromatic heterocycles. The van der Waals surface area contributed by atoms with Crippen molar-refractivity contribution >= 4 is 11.6 Å². The minimum absolute atomic E-state index is 0.0996. The van der Waals surface area contributed by atoms with Crippen LogP contribution in [0.1, 0.15) is 25.3 Å². The van der Waals surface area contributed by atoms with Gasteiger partial charge in [-0.25, -0.2) is 4.39 Å². The van der Waals surface area contributed by atoms with Crippen LogP contribution in [0.2, 0.25) is 0 Å². The summed E-state index contributed by atoms with van der Waals surface area (Å²) in [7, 11) is 0. The summed E-state index contributed by atoms with van der Waals surface area (Å²) >= 11 is 0. The number of aliphatic hydroxyl groups excluding tert-OH is 1. The predicted octanol–water partition coefficient (Wildman–Crippen LogP) is 2.13. The molecule has 0 saturated carbocycles. The fraction of sp³-hybridized carbons (Fsp3) is 0.308. The summed E-state index contributed by atoms with van der Waals surface area (Å²) in [5.41, 5.74) is 2.49. The number of amides is 1. The second-order valence-electron chi connectivity index (χ2n) is 4.10. The van der Waals surface area contributed by atoms with Crippen molar-refractivity contribution in [2.75, 3.05) is 6.73 Å². The number of carbonyl (C=O) groups is 1. The van der Waals surface area contributed by atoms with Gasteiger partial charge >= 0.3 is 0 Å². The molecule has 1 aromatic carbocycles. The van der Waals surface area contributed by atoms with Crippen molar-refractivity contribution in [1.82, 2.24) is 4.90 Å². The Kier molecular flexibility index (Phi) is 3.24. The molecule has 0 bridgehead atoms. The van der Waals surface area contributed by atoms with E-state index in [0.29, 0.717) is 18.5 Å². The van der Waals surface area contributed by atoms with E-state index in [9.17, 15) is 14.3 Å². The fourth-order valence-electron chi connectivity index (χ4n) is 2.06. The average Bonchev–Trinajstić information content (AvgIpc) is 2.33. The molecule has 17 heavy (non-hydrogen) atoms. The lowest BCUT2D eigenvalue weighted by Gasteiger charge is -2.29. The Labute approximate surface area is 99.2 Å². The van der Waals surface area contributed by atoms with E-state index >= 15 is 0 Å². The van der Waals surface area contributed by atoms with E-state index in [1.54, 1.807) is 12.1 Å².